The maximum absolute atomic E-state index is 9.88. The molecule has 0 saturated carbocycles. The third-order valence-electron chi connectivity index (χ3n) is 3.25. The van der Waals surface area contributed by atoms with Crippen molar-refractivity contribution < 1.29 is 5.11 Å². The third kappa shape index (κ3) is 2.98. The molecule has 0 radical (unpaired) electrons. The Labute approximate surface area is 122 Å². The number of thiazole rings is 1. The number of benzene rings is 1. The number of aryl methyl sites for hydroxylation is 1. The van der Waals surface area contributed by atoms with Crippen LogP contribution in [0.5, 0.6) is 0 Å². The summed E-state index contributed by atoms with van der Waals surface area (Å²) in [7, 11) is 1.96. The fourth-order valence-electron chi connectivity index (χ4n) is 2.08. The van der Waals surface area contributed by atoms with Crippen LogP contribution in [-0.4, -0.2) is 17.1 Å². The van der Waals surface area contributed by atoms with E-state index in [9.17, 15) is 5.11 Å². The second-order valence-electron chi connectivity index (χ2n) is 4.78. The molecule has 0 bridgehead atoms. The first-order valence-corrected chi connectivity index (χ1v) is 7.23. The van der Waals surface area contributed by atoms with Crippen LogP contribution in [0, 0.1) is 18.3 Å². The van der Waals surface area contributed by atoms with Crippen molar-refractivity contribution in [3.05, 3.63) is 45.4 Å². The van der Waals surface area contributed by atoms with Crippen molar-refractivity contribution in [2.24, 2.45) is 0 Å². The highest BCUT2D eigenvalue weighted by molar-refractivity contribution is 7.09. The summed E-state index contributed by atoms with van der Waals surface area (Å²) < 4.78 is 0. The Kier molecular flexibility index (Phi) is 4.38. The van der Waals surface area contributed by atoms with Gasteiger partial charge in [-0.05, 0) is 26.0 Å². The van der Waals surface area contributed by atoms with E-state index in [-0.39, 0.29) is 0 Å². The van der Waals surface area contributed by atoms with E-state index >= 15 is 0 Å². The van der Waals surface area contributed by atoms with Gasteiger partial charge in [-0.1, -0.05) is 6.07 Å². The summed E-state index contributed by atoms with van der Waals surface area (Å²) in [4.78, 5) is 7.48. The van der Waals surface area contributed by atoms with Crippen molar-refractivity contribution in [1.82, 2.24) is 4.98 Å². The van der Waals surface area contributed by atoms with Crippen molar-refractivity contribution in [3.63, 3.8) is 0 Å². The van der Waals surface area contributed by atoms with E-state index in [1.54, 1.807) is 24.3 Å². The Balaban J connectivity index is 2.35. The van der Waals surface area contributed by atoms with Gasteiger partial charge in [0.05, 0.1) is 35.5 Å². The second-order valence-corrected chi connectivity index (χ2v) is 5.72. The van der Waals surface area contributed by atoms with Gasteiger partial charge in [0.25, 0.3) is 0 Å². The molecular formula is C15H17N3OS. The molecule has 1 aromatic carbocycles. The van der Waals surface area contributed by atoms with E-state index in [2.05, 4.69) is 11.1 Å². The van der Waals surface area contributed by atoms with Gasteiger partial charge >= 0.3 is 0 Å². The van der Waals surface area contributed by atoms with Gasteiger partial charge in [0.2, 0.25) is 0 Å². The minimum absolute atomic E-state index is 0.567. The average molecular weight is 287 g/mol. The second kappa shape index (κ2) is 6.04. The van der Waals surface area contributed by atoms with E-state index in [1.807, 2.05) is 36.5 Å². The largest absolute Gasteiger partial charge is 0.389 e. The molecule has 4 nitrogen and oxygen atoms in total. The van der Waals surface area contributed by atoms with Crippen molar-refractivity contribution >= 4 is 17.0 Å². The van der Waals surface area contributed by atoms with Crippen LogP contribution in [0.4, 0.5) is 5.69 Å². The lowest BCUT2D eigenvalue weighted by Gasteiger charge is -2.23. The summed E-state index contributed by atoms with van der Waals surface area (Å²) in [5.41, 5.74) is 5.16. The van der Waals surface area contributed by atoms with Crippen molar-refractivity contribution in [1.29, 1.82) is 5.26 Å². The van der Waals surface area contributed by atoms with Crippen LogP contribution in [-0.2, 0) is 6.54 Å². The fraction of sp³-hybridized carbons (Fsp3) is 0.333. The van der Waals surface area contributed by atoms with Gasteiger partial charge in [0, 0.05) is 23.2 Å². The number of anilines is 1. The van der Waals surface area contributed by atoms with E-state index in [4.69, 9.17) is 5.26 Å². The van der Waals surface area contributed by atoms with Gasteiger partial charge in [-0.25, -0.2) is 4.98 Å². The first kappa shape index (κ1) is 14.5. The molecule has 20 heavy (non-hydrogen) atoms. The molecular weight excluding hydrogens is 270 g/mol. The zero-order chi connectivity index (χ0) is 14.7. The van der Waals surface area contributed by atoms with E-state index in [0.717, 1.165) is 16.9 Å². The van der Waals surface area contributed by atoms with Gasteiger partial charge in [0.1, 0.15) is 0 Å². The summed E-state index contributed by atoms with van der Waals surface area (Å²) in [5.74, 6) is 0. The molecule has 2 rings (SSSR count). The van der Waals surface area contributed by atoms with Crippen molar-refractivity contribution in [3.8, 4) is 6.07 Å². The van der Waals surface area contributed by atoms with Gasteiger partial charge in [-0.15, -0.1) is 11.3 Å². The lowest BCUT2D eigenvalue weighted by Crippen LogP contribution is -2.18. The highest BCUT2D eigenvalue weighted by Crippen LogP contribution is 2.28. The molecule has 0 aliphatic rings. The summed E-state index contributed by atoms with van der Waals surface area (Å²) >= 11 is 1.62. The molecule has 0 fully saturated rings. The summed E-state index contributed by atoms with van der Waals surface area (Å²) in [5, 5.41) is 18.9. The number of hydrogen-bond acceptors (Lipinski definition) is 5. The van der Waals surface area contributed by atoms with Crippen molar-refractivity contribution in [2.75, 3.05) is 11.9 Å². The minimum Gasteiger partial charge on any atom is -0.389 e. The van der Waals surface area contributed by atoms with E-state index in [1.165, 1.54) is 4.88 Å². The molecule has 2 aromatic rings. The molecule has 5 heteroatoms. The van der Waals surface area contributed by atoms with Gasteiger partial charge in [-0.2, -0.15) is 5.26 Å². The highest BCUT2D eigenvalue weighted by Gasteiger charge is 2.14. The number of rotatable bonds is 4. The number of aromatic nitrogens is 1. The maximum Gasteiger partial charge on any atom is 0.0992 e. The summed E-state index contributed by atoms with van der Waals surface area (Å²) in [6.45, 7) is 4.43. The fourth-order valence-corrected chi connectivity index (χ4v) is 2.91. The van der Waals surface area contributed by atoms with Crippen LogP contribution in [0.15, 0.2) is 23.7 Å². The molecule has 0 saturated heterocycles. The first-order valence-electron chi connectivity index (χ1n) is 6.35. The average Bonchev–Trinajstić information content (AvgIpc) is 2.83. The quantitative estimate of drug-likeness (QED) is 0.939. The Morgan fingerprint density at radius 3 is 2.80 bits per heavy atom. The monoisotopic (exact) mass is 287 g/mol. The van der Waals surface area contributed by atoms with Gasteiger partial charge < -0.3 is 10.0 Å². The topological polar surface area (TPSA) is 60.2 Å². The van der Waals surface area contributed by atoms with Crippen LogP contribution >= 0.6 is 11.3 Å². The van der Waals surface area contributed by atoms with Gasteiger partial charge in [0.15, 0.2) is 0 Å². The lowest BCUT2D eigenvalue weighted by atomic mass is 10.0. The number of nitrogens with zero attached hydrogens (tertiary/aromatic N) is 3. The molecule has 1 heterocycles. The molecule has 0 aliphatic heterocycles. The molecule has 1 N–H and O–H groups in total. The van der Waals surface area contributed by atoms with Crippen LogP contribution in [0.1, 0.15) is 34.7 Å². The normalized spacial score (nSPS) is 11.9. The predicted molar refractivity (Wildman–Crippen MR) is 80.7 cm³/mol. The summed E-state index contributed by atoms with van der Waals surface area (Å²) in [6, 6.07) is 7.51. The number of aliphatic hydroxyl groups excluding tert-OH is 1. The first-order chi connectivity index (χ1) is 9.52. The predicted octanol–water partition coefficient (Wildman–Crippen LogP) is 3.01. The van der Waals surface area contributed by atoms with Crippen molar-refractivity contribution in [2.45, 2.75) is 26.5 Å². The number of nitriles is 1. The molecule has 0 amide bonds. The van der Waals surface area contributed by atoms with Crippen LogP contribution in [0.25, 0.3) is 0 Å². The van der Waals surface area contributed by atoms with E-state index in [0.29, 0.717) is 12.1 Å². The zero-order valence-electron chi connectivity index (χ0n) is 11.8. The number of aliphatic hydroxyl groups is 1. The van der Waals surface area contributed by atoms with E-state index < -0.39 is 6.10 Å². The molecule has 1 aromatic heterocycles. The Hall–Kier alpha value is -1.90. The number of hydrogen-bond donors (Lipinski definition) is 1. The molecule has 0 unspecified atom stereocenters. The third-order valence-corrected chi connectivity index (χ3v) is 4.17. The zero-order valence-corrected chi connectivity index (χ0v) is 12.6. The maximum atomic E-state index is 9.88. The lowest BCUT2D eigenvalue weighted by molar-refractivity contribution is 0.199. The smallest absolute Gasteiger partial charge is 0.0992 e. The molecule has 1 atom stereocenters. The van der Waals surface area contributed by atoms with Crippen LogP contribution in [0.3, 0.4) is 0 Å². The summed E-state index contributed by atoms with van der Waals surface area (Å²) in [6.07, 6.45) is -0.567. The Morgan fingerprint density at radius 2 is 2.25 bits per heavy atom. The van der Waals surface area contributed by atoms with Gasteiger partial charge in [-0.3, -0.25) is 0 Å². The molecule has 0 spiro atoms. The Morgan fingerprint density at radius 1 is 1.50 bits per heavy atom. The highest BCUT2D eigenvalue weighted by atomic mass is 32.1. The van der Waals surface area contributed by atoms with Crippen LogP contribution in [0.2, 0.25) is 0 Å². The standard InChI is InChI=1S/C15H17N3OS/c1-10-15(20-9-17-10)8-18(3)14-6-12(7-16)4-5-13(14)11(2)19/h4-6,9,11,19H,8H2,1-3H3/t11-/m0/s1. The molecule has 104 valence electrons. The van der Waals surface area contributed by atoms with Crippen LogP contribution < -0.4 is 4.90 Å². The Bertz CT molecular complexity index is 643. The minimum atomic E-state index is -0.567. The molecule has 0 aliphatic carbocycles. The SMILES string of the molecule is Cc1ncsc1CN(C)c1cc(C#N)ccc1[C@H](C)O.